The van der Waals surface area contributed by atoms with Crippen molar-refractivity contribution in [2.45, 2.75) is 5.41 Å². The number of hydrogen-bond donors (Lipinski definition) is 0. The lowest BCUT2D eigenvalue weighted by atomic mass is 9.65. The van der Waals surface area contributed by atoms with E-state index in [1.54, 1.807) is 0 Å². The van der Waals surface area contributed by atoms with Gasteiger partial charge in [-0.3, -0.25) is 0 Å². The standard InChI is InChI=1S/C51H37N/c1-5-15-38(16-6-1)40-25-31-46(32-26-40)52(47-33-27-41(28-34-47)39-17-7-2-8-18-39)48-35-29-42(30-36-48)50-37-43-19-13-14-24-49(43)51(50,44-20-9-3-10-21-44)45-22-11-4-12-23-45/h1-37H. The zero-order chi connectivity index (χ0) is 34.7. The first kappa shape index (κ1) is 31.3. The number of benzene rings is 8. The minimum absolute atomic E-state index is 0.444. The zero-order valence-electron chi connectivity index (χ0n) is 28.8. The van der Waals surface area contributed by atoms with Gasteiger partial charge >= 0.3 is 0 Å². The molecule has 0 radical (unpaired) electrons. The van der Waals surface area contributed by atoms with Crippen molar-refractivity contribution in [3.05, 3.63) is 246 Å². The van der Waals surface area contributed by atoms with Gasteiger partial charge in [-0.25, -0.2) is 0 Å². The Morgan fingerprint density at radius 3 is 1.08 bits per heavy atom. The van der Waals surface area contributed by atoms with Gasteiger partial charge in [-0.15, -0.1) is 0 Å². The lowest BCUT2D eigenvalue weighted by Crippen LogP contribution is -2.29. The van der Waals surface area contributed by atoms with Gasteiger partial charge in [0.1, 0.15) is 0 Å². The normalized spacial score (nSPS) is 12.9. The van der Waals surface area contributed by atoms with E-state index in [-0.39, 0.29) is 0 Å². The topological polar surface area (TPSA) is 3.24 Å². The summed E-state index contributed by atoms with van der Waals surface area (Å²) < 4.78 is 0. The van der Waals surface area contributed by atoms with E-state index in [2.05, 4.69) is 229 Å². The van der Waals surface area contributed by atoms with E-state index in [0.29, 0.717) is 0 Å². The van der Waals surface area contributed by atoms with Gasteiger partial charge in [-0.05, 0) is 98.1 Å². The van der Waals surface area contributed by atoms with Gasteiger partial charge in [0.2, 0.25) is 0 Å². The van der Waals surface area contributed by atoms with Gasteiger partial charge in [0.05, 0.1) is 5.41 Å². The molecule has 0 aromatic heterocycles. The van der Waals surface area contributed by atoms with Gasteiger partial charge < -0.3 is 4.90 Å². The van der Waals surface area contributed by atoms with E-state index in [9.17, 15) is 0 Å². The third kappa shape index (κ3) is 5.54. The molecule has 1 heteroatoms. The summed E-state index contributed by atoms with van der Waals surface area (Å²) in [6.07, 6.45) is 2.40. The molecule has 0 fully saturated rings. The highest BCUT2D eigenvalue weighted by molar-refractivity contribution is 6.00. The van der Waals surface area contributed by atoms with Gasteiger partial charge in [0, 0.05) is 17.1 Å². The van der Waals surface area contributed by atoms with Crippen LogP contribution in [-0.4, -0.2) is 0 Å². The first-order valence-electron chi connectivity index (χ1n) is 17.9. The molecule has 1 aliphatic carbocycles. The molecule has 8 aromatic carbocycles. The Hall–Kier alpha value is -6.70. The Labute approximate surface area is 306 Å². The van der Waals surface area contributed by atoms with Gasteiger partial charge in [-0.1, -0.05) is 182 Å². The molecule has 8 aromatic rings. The summed E-state index contributed by atoms with van der Waals surface area (Å²) >= 11 is 0. The first-order chi connectivity index (χ1) is 25.8. The molecule has 0 amide bonds. The molecule has 0 spiro atoms. The molecule has 9 rings (SSSR count). The lowest BCUT2D eigenvalue weighted by molar-refractivity contribution is 0.814. The molecule has 0 saturated carbocycles. The Morgan fingerprint density at radius 2 is 0.635 bits per heavy atom. The van der Waals surface area contributed by atoms with Crippen LogP contribution < -0.4 is 4.90 Å². The van der Waals surface area contributed by atoms with Crippen LogP contribution in [0.15, 0.2) is 218 Å². The number of fused-ring (bicyclic) bond motifs is 1. The van der Waals surface area contributed by atoms with Crippen LogP contribution in [0.25, 0.3) is 33.9 Å². The fourth-order valence-corrected chi connectivity index (χ4v) is 7.94. The fourth-order valence-electron chi connectivity index (χ4n) is 7.94. The Morgan fingerprint density at radius 1 is 0.288 bits per heavy atom. The van der Waals surface area contributed by atoms with Crippen molar-refractivity contribution in [1.82, 2.24) is 0 Å². The van der Waals surface area contributed by atoms with Crippen molar-refractivity contribution in [2.75, 3.05) is 4.90 Å². The SMILES string of the molecule is C1=C(c2ccc(N(c3ccc(-c4ccccc4)cc3)c3ccc(-c4ccccc4)cc3)cc2)C(c2ccccc2)(c2ccccc2)c2ccccc21. The molecule has 0 aliphatic heterocycles. The third-order valence-corrected chi connectivity index (χ3v) is 10.4. The molecule has 0 unspecified atom stereocenters. The van der Waals surface area contributed by atoms with E-state index in [4.69, 9.17) is 0 Å². The minimum Gasteiger partial charge on any atom is -0.311 e. The molecule has 0 saturated heterocycles. The molecule has 0 bridgehead atoms. The predicted octanol–water partition coefficient (Wildman–Crippen LogP) is 13.4. The average Bonchev–Trinajstić information content (AvgIpc) is 3.59. The second-order valence-corrected chi connectivity index (χ2v) is 13.3. The Bertz CT molecular complexity index is 2330. The molecule has 0 heterocycles. The summed E-state index contributed by atoms with van der Waals surface area (Å²) in [5.74, 6) is 0. The number of anilines is 3. The van der Waals surface area contributed by atoms with Crippen LogP contribution in [0.5, 0.6) is 0 Å². The molecule has 246 valence electrons. The summed E-state index contributed by atoms with van der Waals surface area (Å²) in [5, 5.41) is 0. The molecular formula is C51H37N. The Kier molecular flexibility index (Phi) is 8.15. The van der Waals surface area contributed by atoms with E-state index in [0.717, 1.165) is 17.1 Å². The predicted molar refractivity (Wildman–Crippen MR) is 219 cm³/mol. The van der Waals surface area contributed by atoms with E-state index >= 15 is 0 Å². The number of rotatable bonds is 8. The quantitative estimate of drug-likeness (QED) is 0.156. The fraction of sp³-hybridized carbons (Fsp3) is 0.0196. The lowest BCUT2D eigenvalue weighted by Gasteiger charge is -2.36. The highest BCUT2D eigenvalue weighted by Gasteiger charge is 2.45. The maximum absolute atomic E-state index is 2.40. The van der Waals surface area contributed by atoms with Crippen LogP contribution >= 0.6 is 0 Å². The molecular weight excluding hydrogens is 627 g/mol. The zero-order valence-corrected chi connectivity index (χ0v) is 28.8. The van der Waals surface area contributed by atoms with Crippen molar-refractivity contribution >= 4 is 28.7 Å². The number of nitrogens with zero attached hydrogens (tertiary/aromatic N) is 1. The molecule has 1 nitrogen and oxygen atoms in total. The van der Waals surface area contributed by atoms with Gasteiger partial charge in [0.15, 0.2) is 0 Å². The molecule has 0 N–H and O–H groups in total. The number of allylic oxidation sites excluding steroid dienone is 1. The summed E-state index contributed by atoms with van der Waals surface area (Å²) in [6, 6.07) is 78.9. The summed E-state index contributed by atoms with van der Waals surface area (Å²) in [5.41, 5.74) is 15.3. The van der Waals surface area contributed by atoms with E-state index in [1.807, 2.05) is 0 Å². The first-order valence-corrected chi connectivity index (χ1v) is 17.9. The Balaban J connectivity index is 1.16. The van der Waals surface area contributed by atoms with Crippen LogP contribution in [0, 0.1) is 0 Å². The summed E-state index contributed by atoms with van der Waals surface area (Å²) in [7, 11) is 0. The van der Waals surface area contributed by atoms with Gasteiger partial charge in [-0.2, -0.15) is 0 Å². The maximum atomic E-state index is 2.40. The van der Waals surface area contributed by atoms with Crippen LogP contribution in [-0.2, 0) is 5.41 Å². The van der Waals surface area contributed by atoms with Crippen molar-refractivity contribution in [2.24, 2.45) is 0 Å². The van der Waals surface area contributed by atoms with Gasteiger partial charge in [0.25, 0.3) is 0 Å². The van der Waals surface area contributed by atoms with Crippen molar-refractivity contribution < 1.29 is 0 Å². The highest BCUT2D eigenvalue weighted by Crippen LogP contribution is 2.55. The summed E-state index contributed by atoms with van der Waals surface area (Å²) in [6.45, 7) is 0. The molecule has 52 heavy (non-hydrogen) atoms. The molecule has 0 atom stereocenters. The maximum Gasteiger partial charge on any atom is 0.0713 e. The molecule has 1 aliphatic rings. The smallest absolute Gasteiger partial charge is 0.0713 e. The number of hydrogen-bond acceptors (Lipinski definition) is 1. The second kappa shape index (κ2) is 13.5. The van der Waals surface area contributed by atoms with E-state index < -0.39 is 5.41 Å². The van der Waals surface area contributed by atoms with Crippen LogP contribution in [0.2, 0.25) is 0 Å². The monoisotopic (exact) mass is 663 g/mol. The van der Waals surface area contributed by atoms with Crippen molar-refractivity contribution in [3.63, 3.8) is 0 Å². The third-order valence-electron chi connectivity index (χ3n) is 10.4. The second-order valence-electron chi connectivity index (χ2n) is 13.3. The van der Waals surface area contributed by atoms with Crippen LogP contribution in [0.1, 0.15) is 27.8 Å². The van der Waals surface area contributed by atoms with Crippen molar-refractivity contribution in [3.8, 4) is 22.3 Å². The van der Waals surface area contributed by atoms with Crippen LogP contribution in [0.3, 0.4) is 0 Å². The highest BCUT2D eigenvalue weighted by atomic mass is 15.1. The minimum atomic E-state index is -0.444. The van der Waals surface area contributed by atoms with E-state index in [1.165, 1.54) is 55.6 Å². The average molecular weight is 664 g/mol. The largest absolute Gasteiger partial charge is 0.311 e. The summed E-state index contributed by atoms with van der Waals surface area (Å²) in [4.78, 5) is 2.35. The van der Waals surface area contributed by atoms with Crippen LogP contribution in [0.4, 0.5) is 17.1 Å². The van der Waals surface area contributed by atoms with Crippen molar-refractivity contribution in [1.29, 1.82) is 0 Å².